The molecule has 0 spiro atoms. The van der Waals surface area contributed by atoms with Crippen LogP contribution in [-0.4, -0.2) is 13.1 Å². The lowest BCUT2D eigenvalue weighted by Crippen LogP contribution is -2.29. The minimum atomic E-state index is 0.936. The van der Waals surface area contributed by atoms with Crippen LogP contribution in [0.4, 0.5) is 0 Å². The first-order valence-corrected chi connectivity index (χ1v) is 6.39. The third kappa shape index (κ3) is 2.41. The van der Waals surface area contributed by atoms with Gasteiger partial charge in [0.15, 0.2) is 0 Å². The van der Waals surface area contributed by atoms with E-state index in [9.17, 15) is 0 Å². The Morgan fingerprint density at radius 3 is 2.35 bits per heavy atom. The fourth-order valence-corrected chi connectivity index (χ4v) is 2.08. The molecule has 0 bridgehead atoms. The lowest BCUT2D eigenvalue weighted by atomic mass is 10.1. The van der Waals surface area contributed by atoms with Gasteiger partial charge in [0.2, 0.25) is 5.36 Å². The van der Waals surface area contributed by atoms with Gasteiger partial charge in [-0.3, -0.25) is 0 Å². The van der Waals surface area contributed by atoms with Crippen molar-refractivity contribution in [3.8, 4) is 11.3 Å². The lowest BCUT2D eigenvalue weighted by molar-refractivity contribution is 0.510. The molecule has 0 unspecified atom stereocenters. The molecule has 0 amide bonds. The monoisotopic (exact) mass is 230 g/mol. The van der Waals surface area contributed by atoms with Crippen molar-refractivity contribution in [3.63, 3.8) is 0 Å². The molecule has 0 aromatic carbocycles. The zero-order chi connectivity index (χ0) is 12.3. The van der Waals surface area contributed by atoms with Gasteiger partial charge in [-0.2, -0.15) is 0 Å². The molecular weight excluding hydrogens is 210 g/mol. The molecule has 1 aliphatic carbocycles. The third-order valence-corrected chi connectivity index (χ3v) is 3.16. The summed E-state index contributed by atoms with van der Waals surface area (Å²) in [5.74, 6) is 2.02. The highest BCUT2D eigenvalue weighted by molar-refractivity contribution is 5.57. The van der Waals surface area contributed by atoms with E-state index in [0.29, 0.717) is 0 Å². The molecule has 17 heavy (non-hydrogen) atoms. The number of benzene rings is 1. The van der Waals surface area contributed by atoms with Gasteiger partial charge < -0.3 is 4.42 Å². The van der Waals surface area contributed by atoms with Crippen molar-refractivity contribution >= 4 is 0 Å². The van der Waals surface area contributed by atoms with Gasteiger partial charge in [-0.15, -0.1) is 0 Å². The van der Waals surface area contributed by atoms with E-state index in [-0.39, 0.29) is 0 Å². The molecule has 1 heterocycles. The molecular formula is C15H20NO+. The van der Waals surface area contributed by atoms with E-state index in [1.165, 1.54) is 5.36 Å². The number of fused-ring (bicyclic) bond motifs is 1. The standard InChI is InChI=1S/C15H20NO/c1-4-14-10-8-12-7-9-13(11-15(12)17-14)16(5-2)6-3/h7-11H,4-6H2,1-3H3/q+1. The summed E-state index contributed by atoms with van der Waals surface area (Å²) in [6.07, 6.45) is 0.936. The summed E-state index contributed by atoms with van der Waals surface area (Å²) in [5.41, 5.74) is 1.16. The Hall–Kier alpha value is -1.57. The molecule has 0 radical (unpaired) electrons. The zero-order valence-corrected chi connectivity index (χ0v) is 10.9. The van der Waals surface area contributed by atoms with E-state index in [1.807, 2.05) is 0 Å². The van der Waals surface area contributed by atoms with Crippen LogP contribution >= 0.6 is 0 Å². The molecule has 0 fully saturated rings. The van der Waals surface area contributed by atoms with Crippen molar-refractivity contribution in [2.24, 2.45) is 0 Å². The molecule has 2 nitrogen and oxygen atoms in total. The lowest BCUT2D eigenvalue weighted by Gasteiger charge is -2.06. The molecule has 2 heteroatoms. The van der Waals surface area contributed by atoms with Crippen LogP contribution in [0.2, 0.25) is 0 Å². The SMILES string of the molecule is CCc1ccc2ccc(=[N+](CC)CC)cc-2o1. The van der Waals surface area contributed by atoms with E-state index in [4.69, 9.17) is 4.42 Å². The predicted octanol–water partition coefficient (Wildman–Crippen LogP) is 2.76. The largest absolute Gasteiger partial charge is 0.461 e. The predicted molar refractivity (Wildman–Crippen MR) is 71.1 cm³/mol. The van der Waals surface area contributed by atoms with Gasteiger partial charge in [0, 0.05) is 18.1 Å². The molecule has 2 rings (SSSR count). The summed E-state index contributed by atoms with van der Waals surface area (Å²) in [7, 11) is 0. The molecule has 0 aromatic heterocycles. The quantitative estimate of drug-likeness (QED) is 0.741. The second kappa shape index (κ2) is 5.17. The second-order valence-electron chi connectivity index (χ2n) is 4.15. The van der Waals surface area contributed by atoms with E-state index in [0.717, 1.165) is 36.6 Å². The van der Waals surface area contributed by atoms with Gasteiger partial charge in [-0.1, -0.05) is 6.92 Å². The summed E-state index contributed by atoms with van der Waals surface area (Å²) in [5, 5.41) is 1.24. The fraction of sp³-hybridized carbons (Fsp3) is 0.400. The highest BCUT2D eigenvalue weighted by Gasteiger charge is 2.08. The molecule has 0 saturated carbocycles. The fourth-order valence-electron chi connectivity index (χ4n) is 2.08. The van der Waals surface area contributed by atoms with E-state index >= 15 is 0 Å². The van der Waals surface area contributed by atoms with Gasteiger partial charge >= 0.3 is 0 Å². The van der Waals surface area contributed by atoms with Crippen LogP contribution in [0.1, 0.15) is 26.5 Å². The average molecular weight is 230 g/mol. The number of rotatable bonds is 3. The van der Waals surface area contributed by atoms with Crippen LogP contribution in [0.3, 0.4) is 0 Å². The summed E-state index contributed by atoms with van der Waals surface area (Å²) >= 11 is 0. The van der Waals surface area contributed by atoms with Gasteiger partial charge in [-0.05, 0) is 32.0 Å². The topological polar surface area (TPSA) is 16.1 Å². The molecule has 1 aliphatic heterocycles. The van der Waals surface area contributed by atoms with E-state index in [2.05, 4.69) is 55.7 Å². The van der Waals surface area contributed by atoms with Crippen molar-refractivity contribution in [1.82, 2.24) is 4.58 Å². The first-order chi connectivity index (χ1) is 8.28. The molecule has 90 valence electrons. The Morgan fingerprint density at radius 1 is 1.00 bits per heavy atom. The van der Waals surface area contributed by atoms with Crippen LogP contribution in [-0.2, 0) is 6.42 Å². The highest BCUT2D eigenvalue weighted by atomic mass is 16.3. The number of hydrogen-bond acceptors (Lipinski definition) is 1. The van der Waals surface area contributed by atoms with Crippen molar-refractivity contribution in [2.45, 2.75) is 27.2 Å². The Bertz CT molecular complexity index is 533. The summed E-state index contributed by atoms with van der Waals surface area (Å²) in [4.78, 5) is 0. The normalized spacial score (nSPS) is 10.8. The Morgan fingerprint density at radius 2 is 1.71 bits per heavy atom. The maximum absolute atomic E-state index is 5.86. The smallest absolute Gasteiger partial charge is 0.203 e. The van der Waals surface area contributed by atoms with Crippen LogP contribution in [0.25, 0.3) is 11.3 Å². The molecule has 2 aliphatic rings. The molecule has 0 N–H and O–H groups in total. The molecule has 0 saturated heterocycles. The Balaban J connectivity index is 2.64. The highest BCUT2D eigenvalue weighted by Crippen LogP contribution is 2.20. The summed E-state index contributed by atoms with van der Waals surface area (Å²) in [6, 6.07) is 10.6. The van der Waals surface area contributed by atoms with Gasteiger partial charge in [-0.25, -0.2) is 4.58 Å². The van der Waals surface area contributed by atoms with Crippen molar-refractivity contribution in [2.75, 3.05) is 13.1 Å². The van der Waals surface area contributed by atoms with Crippen LogP contribution in [0.5, 0.6) is 0 Å². The van der Waals surface area contributed by atoms with Crippen molar-refractivity contribution in [1.29, 1.82) is 0 Å². The number of aryl methyl sites for hydroxylation is 1. The summed E-state index contributed by atoms with van der Waals surface area (Å²) < 4.78 is 8.19. The zero-order valence-electron chi connectivity index (χ0n) is 10.9. The van der Waals surface area contributed by atoms with Gasteiger partial charge in [0.25, 0.3) is 0 Å². The first-order valence-electron chi connectivity index (χ1n) is 6.39. The molecule has 0 aromatic rings. The minimum absolute atomic E-state index is 0.936. The van der Waals surface area contributed by atoms with Crippen LogP contribution in [0.15, 0.2) is 34.7 Å². The maximum Gasteiger partial charge on any atom is 0.203 e. The minimum Gasteiger partial charge on any atom is -0.461 e. The molecule has 0 atom stereocenters. The van der Waals surface area contributed by atoms with Gasteiger partial charge in [0.05, 0.1) is 6.07 Å². The van der Waals surface area contributed by atoms with Gasteiger partial charge in [0.1, 0.15) is 24.6 Å². The first kappa shape index (κ1) is 11.9. The Labute approximate surface area is 103 Å². The average Bonchev–Trinajstić information content (AvgIpc) is 2.39. The third-order valence-electron chi connectivity index (χ3n) is 3.16. The summed E-state index contributed by atoms with van der Waals surface area (Å²) in [6.45, 7) is 8.50. The Kier molecular flexibility index (Phi) is 3.62. The van der Waals surface area contributed by atoms with E-state index < -0.39 is 0 Å². The van der Waals surface area contributed by atoms with Crippen molar-refractivity contribution in [3.05, 3.63) is 41.4 Å². The second-order valence-corrected chi connectivity index (χ2v) is 4.15. The number of nitrogens with zero attached hydrogens (tertiary/aromatic N) is 1. The maximum atomic E-state index is 5.86. The van der Waals surface area contributed by atoms with Crippen LogP contribution in [0, 0.1) is 0 Å². The van der Waals surface area contributed by atoms with Crippen LogP contribution < -0.4 is 9.93 Å². The van der Waals surface area contributed by atoms with Crippen molar-refractivity contribution < 1.29 is 4.42 Å². The van der Waals surface area contributed by atoms with E-state index in [1.54, 1.807) is 0 Å². The number of hydrogen-bond donors (Lipinski definition) is 0.